The largest absolute Gasteiger partial charge is 0.0801 e. The maximum Gasteiger partial charge on any atom is -0.00673 e. The van der Waals surface area contributed by atoms with E-state index in [4.69, 9.17) is 0 Å². The molecule has 0 heteroatoms. The number of benzene rings is 2. The van der Waals surface area contributed by atoms with E-state index in [2.05, 4.69) is 75.4 Å². The van der Waals surface area contributed by atoms with E-state index < -0.39 is 0 Å². The molecule has 0 fully saturated rings. The molecule has 0 amide bonds. The second kappa shape index (κ2) is 6.67. The number of hydrogen-bond acceptors (Lipinski definition) is 0. The maximum absolute atomic E-state index is 2.48. The van der Waals surface area contributed by atoms with Crippen molar-refractivity contribution in [2.24, 2.45) is 5.92 Å². The lowest BCUT2D eigenvalue weighted by molar-refractivity contribution is 0.513. The van der Waals surface area contributed by atoms with E-state index in [-0.39, 0.29) is 0 Å². The van der Waals surface area contributed by atoms with Crippen molar-refractivity contribution in [3.8, 4) is 0 Å². The van der Waals surface area contributed by atoms with Crippen molar-refractivity contribution in [3.63, 3.8) is 0 Å². The van der Waals surface area contributed by atoms with E-state index in [1.807, 2.05) is 0 Å². The van der Waals surface area contributed by atoms with E-state index in [0.717, 1.165) is 12.3 Å². The zero-order chi connectivity index (χ0) is 17.4. The third-order valence-electron chi connectivity index (χ3n) is 5.77. The van der Waals surface area contributed by atoms with Crippen LogP contribution in [0.2, 0.25) is 0 Å². The lowest BCUT2D eigenvalue weighted by Crippen LogP contribution is -2.16. The fourth-order valence-corrected chi connectivity index (χ4v) is 4.36. The molecule has 0 aliphatic heterocycles. The number of allylic oxidation sites excluding steroid dienone is 3. The second-order valence-corrected chi connectivity index (χ2v) is 8.08. The predicted molar refractivity (Wildman–Crippen MR) is 111 cm³/mol. The van der Waals surface area contributed by atoms with Gasteiger partial charge in [0.15, 0.2) is 0 Å². The van der Waals surface area contributed by atoms with Gasteiger partial charge in [-0.1, -0.05) is 88.3 Å². The summed E-state index contributed by atoms with van der Waals surface area (Å²) in [5, 5.41) is 5.76. The Bertz CT molecular complexity index is 983. The summed E-state index contributed by atoms with van der Waals surface area (Å²) >= 11 is 0. The summed E-state index contributed by atoms with van der Waals surface area (Å²) in [4.78, 5) is 0. The Morgan fingerprint density at radius 2 is 1.80 bits per heavy atom. The molecule has 0 saturated carbocycles. The molecule has 0 N–H and O–H groups in total. The van der Waals surface area contributed by atoms with Crippen LogP contribution in [0, 0.1) is 5.92 Å². The topological polar surface area (TPSA) is 0 Å². The van der Waals surface area contributed by atoms with Crippen LogP contribution in [0.25, 0.3) is 29.0 Å². The molecular weight excluding hydrogens is 300 g/mol. The summed E-state index contributed by atoms with van der Waals surface area (Å²) in [5.74, 6) is 1.40. The van der Waals surface area contributed by atoms with Crippen molar-refractivity contribution < 1.29 is 0 Å². The van der Waals surface area contributed by atoms with Crippen LogP contribution in [0.15, 0.2) is 36.4 Å². The van der Waals surface area contributed by atoms with Gasteiger partial charge in [-0.15, -0.1) is 0 Å². The summed E-state index contributed by atoms with van der Waals surface area (Å²) in [6.45, 7) is 7.07. The molecule has 0 nitrogen and oxygen atoms in total. The highest BCUT2D eigenvalue weighted by Gasteiger charge is 2.17. The maximum atomic E-state index is 2.48. The average Bonchev–Trinajstić information content (AvgIpc) is 3.09. The molecule has 25 heavy (non-hydrogen) atoms. The Kier molecular flexibility index (Phi) is 4.37. The SMILES string of the molecule is CC(C)CCCC(C)c1cc2c(c3ccc4c(c13)C=CC=4)CC=CC=2. The molecule has 2 aromatic rings. The van der Waals surface area contributed by atoms with Crippen LogP contribution in [-0.4, -0.2) is 0 Å². The van der Waals surface area contributed by atoms with E-state index in [1.54, 1.807) is 5.56 Å². The Balaban J connectivity index is 1.88. The first-order valence-electron chi connectivity index (χ1n) is 9.79. The Morgan fingerprint density at radius 3 is 2.64 bits per heavy atom. The molecule has 2 aromatic carbocycles. The van der Waals surface area contributed by atoms with Gasteiger partial charge in [0, 0.05) is 0 Å². The number of fused-ring (bicyclic) bond motifs is 5. The first kappa shape index (κ1) is 16.4. The first-order valence-corrected chi connectivity index (χ1v) is 9.79. The monoisotopic (exact) mass is 328 g/mol. The van der Waals surface area contributed by atoms with E-state index in [9.17, 15) is 0 Å². The quantitative estimate of drug-likeness (QED) is 0.683. The van der Waals surface area contributed by atoms with Gasteiger partial charge in [-0.3, -0.25) is 0 Å². The van der Waals surface area contributed by atoms with Crippen LogP contribution in [0.4, 0.5) is 0 Å². The lowest BCUT2D eigenvalue weighted by atomic mass is 9.84. The van der Waals surface area contributed by atoms with Crippen molar-refractivity contribution >= 4 is 29.0 Å². The Labute approximate surface area is 151 Å². The summed E-state index contributed by atoms with van der Waals surface area (Å²) in [6, 6.07) is 7.13. The molecule has 0 aromatic heterocycles. The van der Waals surface area contributed by atoms with Gasteiger partial charge < -0.3 is 0 Å². The van der Waals surface area contributed by atoms with Crippen LogP contribution in [0.5, 0.6) is 0 Å². The fourth-order valence-electron chi connectivity index (χ4n) is 4.36. The molecule has 2 aliphatic carbocycles. The minimum Gasteiger partial charge on any atom is -0.0801 e. The molecule has 0 heterocycles. The van der Waals surface area contributed by atoms with Crippen molar-refractivity contribution in [3.05, 3.63) is 63.6 Å². The summed E-state index contributed by atoms with van der Waals surface area (Å²) < 4.78 is 0. The normalized spacial score (nSPS) is 15.8. The molecule has 0 spiro atoms. The van der Waals surface area contributed by atoms with Crippen LogP contribution >= 0.6 is 0 Å². The smallest absolute Gasteiger partial charge is 0.00673 e. The minimum absolute atomic E-state index is 0.603. The van der Waals surface area contributed by atoms with Crippen molar-refractivity contribution in [2.75, 3.05) is 0 Å². The minimum atomic E-state index is 0.603. The van der Waals surface area contributed by atoms with Gasteiger partial charge >= 0.3 is 0 Å². The molecular formula is C25H28. The fraction of sp³-hybridized carbons (Fsp3) is 0.360. The highest BCUT2D eigenvalue weighted by molar-refractivity contribution is 5.98. The zero-order valence-corrected chi connectivity index (χ0v) is 15.7. The third kappa shape index (κ3) is 2.99. The van der Waals surface area contributed by atoms with Crippen LogP contribution < -0.4 is 10.4 Å². The van der Waals surface area contributed by atoms with Gasteiger partial charge in [0.1, 0.15) is 0 Å². The van der Waals surface area contributed by atoms with E-state index in [1.165, 1.54) is 51.6 Å². The Morgan fingerprint density at radius 1 is 0.960 bits per heavy atom. The second-order valence-electron chi connectivity index (χ2n) is 8.08. The molecule has 128 valence electrons. The molecule has 2 aliphatic rings. The molecule has 0 bridgehead atoms. The highest BCUT2D eigenvalue weighted by Crippen LogP contribution is 2.33. The molecule has 1 unspecified atom stereocenters. The van der Waals surface area contributed by atoms with Crippen molar-refractivity contribution in [1.29, 1.82) is 0 Å². The van der Waals surface area contributed by atoms with Gasteiger partial charge in [-0.2, -0.15) is 0 Å². The molecule has 0 radical (unpaired) electrons. The van der Waals surface area contributed by atoms with Crippen LogP contribution in [0.3, 0.4) is 0 Å². The van der Waals surface area contributed by atoms with Gasteiger partial charge in [0.25, 0.3) is 0 Å². The molecule has 4 rings (SSSR count). The number of rotatable bonds is 5. The number of hydrogen-bond donors (Lipinski definition) is 0. The van der Waals surface area contributed by atoms with Gasteiger partial charge in [0.05, 0.1) is 0 Å². The average molecular weight is 328 g/mol. The third-order valence-corrected chi connectivity index (χ3v) is 5.77. The highest BCUT2D eigenvalue weighted by atomic mass is 14.2. The Hall–Kier alpha value is -2.08. The van der Waals surface area contributed by atoms with Crippen LogP contribution in [-0.2, 0) is 6.42 Å². The molecule has 1 atom stereocenters. The summed E-state index contributed by atoms with van der Waals surface area (Å²) in [5.41, 5.74) is 4.47. The van der Waals surface area contributed by atoms with Gasteiger partial charge in [-0.05, 0) is 62.6 Å². The van der Waals surface area contributed by atoms with Crippen molar-refractivity contribution in [2.45, 2.75) is 52.4 Å². The lowest BCUT2D eigenvalue weighted by Gasteiger charge is -2.20. The first-order chi connectivity index (χ1) is 12.1. The predicted octanol–water partition coefficient (Wildman–Crippen LogP) is 5.47. The summed E-state index contributed by atoms with van der Waals surface area (Å²) in [7, 11) is 0. The van der Waals surface area contributed by atoms with Crippen molar-refractivity contribution in [1.82, 2.24) is 0 Å². The van der Waals surface area contributed by atoms with E-state index >= 15 is 0 Å². The zero-order valence-electron chi connectivity index (χ0n) is 15.7. The van der Waals surface area contributed by atoms with Gasteiger partial charge in [-0.25, -0.2) is 0 Å². The van der Waals surface area contributed by atoms with Gasteiger partial charge in [0.2, 0.25) is 0 Å². The molecule has 0 saturated heterocycles. The van der Waals surface area contributed by atoms with E-state index in [0.29, 0.717) is 5.92 Å². The standard InChI is InChI=1S/C25H28/c1-17(2)8-6-9-18(3)24-16-20-10-4-5-12-21(20)23-15-14-19-11-7-13-22(19)25(23)24/h4-5,7,10-11,13-18H,6,8-9,12H2,1-3H3. The summed E-state index contributed by atoms with van der Waals surface area (Å²) in [6.07, 6.45) is 18.5. The van der Waals surface area contributed by atoms with Crippen LogP contribution in [0.1, 0.15) is 62.6 Å².